The Labute approximate surface area is 88.8 Å². The van der Waals surface area contributed by atoms with E-state index in [0.717, 1.165) is 6.42 Å². The van der Waals surface area contributed by atoms with Crippen LogP contribution in [0.3, 0.4) is 0 Å². The average Bonchev–Trinajstić information content (AvgIpc) is 2.64. The van der Waals surface area contributed by atoms with Crippen LogP contribution in [0.25, 0.3) is 0 Å². The molecule has 1 aromatic rings. The van der Waals surface area contributed by atoms with Crippen LogP contribution in [0.5, 0.6) is 0 Å². The van der Waals surface area contributed by atoms with E-state index in [0.29, 0.717) is 31.2 Å². The number of carbonyl (C=O) groups excluding carboxylic acids is 1. The van der Waals surface area contributed by atoms with Crippen molar-refractivity contribution in [2.45, 2.75) is 20.3 Å². The molecule has 1 rings (SSSR count). The van der Waals surface area contributed by atoms with Crippen molar-refractivity contribution >= 4 is 5.91 Å². The van der Waals surface area contributed by atoms with Gasteiger partial charge in [0.05, 0.1) is 0 Å². The maximum atomic E-state index is 11.4. The molecule has 84 valence electrons. The summed E-state index contributed by atoms with van der Waals surface area (Å²) in [6.45, 7) is 5.64. The lowest BCUT2D eigenvalue weighted by atomic mass is 10.3. The fraction of sp³-hybridized carbons (Fsp3) is 0.600. The van der Waals surface area contributed by atoms with Crippen LogP contribution in [-0.2, 0) is 4.74 Å². The first kappa shape index (κ1) is 11.7. The Morgan fingerprint density at radius 3 is 3.07 bits per heavy atom. The monoisotopic (exact) mass is 212 g/mol. The van der Waals surface area contributed by atoms with Gasteiger partial charge in [0.2, 0.25) is 0 Å². The van der Waals surface area contributed by atoms with Crippen LogP contribution >= 0.6 is 0 Å². The summed E-state index contributed by atoms with van der Waals surface area (Å²) in [6.07, 6.45) is 0.802. The standard InChI is InChI=1S/C10H16N2O3/c1-3-14-6-4-5-11-10(13)9-7-8(2)15-12-9/h7H,3-6H2,1-2H3,(H,11,13). The molecule has 15 heavy (non-hydrogen) atoms. The number of amides is 1. The van der Waals surface area contributed by atoms with Gasteiger partial charge in [0.1, 0.15) is 5.76 Å². The summed E-state index contributed by atoms with van der Waals surface area (Å²) < 4.78 is 9.93. The summed E-state index contributed by atoms with van der Waals surface area (Å²) in [5.74, 6) is 0.429. The van der Waals surface area contributed by atoms with E-state index >= 15 is 0 Å². The molecule has 0 atom stereocenters. The molecule has 0 saturated carbocycles. The Morgan fingerprint density at radius 1 is 1.67 bits per heavy atom. The lowest BCUT2D eigenvalue weighted by molar-refractivity contribution is 0.0935. The summed E-state index contributed by atoms with van der Waals surface area (Å²) in [6, 6.07) is 1.61. The Bertz CT molecular complexity index is 309. The van der Waals surface area contributed by atoms with Gasteiger partial charge >= 0.3 is 0 Å². The van der Waals surface area contributed by atoms with E-state index in [4.69, 9.17) is 9.26 Å². The second-order valence-electron chi connectivity index (χ2n) is 3.13. The van der Waals surface area contributed by atoms with Crippen LogP contribution in [-0.4, -0.2) is 30.8 Å². The van der Waals surface area contributed by atoms with Crippen LogP contribution in [0.15, 0.2) is 10.6 Å². The van der Waals surface area contributed by atoms with Gasteiger partial charge in [-0.15, -0.1) is 0 Å². The predicted octanol–water partition coefficient (Wildman–Crippen LogP) is 1.14. The van der Waals surface area contributed by atoms with Crippen LogP contribution in [0, 0.1) is 6.92 Å². The minimum absolute atomic E-state index is 0.205. The van der Waals surface area contributed by atoms with Gasteiger partial charge in [0.25, 0.3) is 5.91 Å². The molecule has 0 aliphatic rings. The number of nitrogens with zero attached hydrogens (tertiary/aromatic N) is 1. The highest BCUT2D eigenvalue weighted by Gasteiger charge is 2.09. The Morgan fingerprint density at radius 2 is 2.47 bits per heavy atom. The number of aryl methyl sites for hydroxylation is 1. The quantitative estimate of drug-likeness (QED) is 0.718. The molecule has 0 spiro atoms. The van der Waals surface area contributed by atoms with Gasteiger partial charge in [-0.25, -0.2) is 0 Å². The predicted molar refractivity (Wildman–Crippen MR) is 54.7 cm³/mol. The zero-order chi connectivity index (χ0) is 11.1. The third kappa shape index (κ3) is 4.12. The van der Waals surface area contributed by atoms with Crippen LogP contribution in [0.1, 0.15) is 29.6 Å². The smallest absolute Gasteiger partial charge is 0.273 e. The Balaban J connectivity index is 2.19. The number of ether oxygens (including phenoxy) is 1. The highest BCUT2D eigenvalue weighted by Crippen LogP contribution is 2.00. The van der Waals surface area contributed by atoms with Gasteiger partial charge in [-0.05, 0) is 20.3 Å². The summed E-state index contributed by atoms with van der Waals surface area (Å²) in [5, 5.41) is 6.34. The second-order valence-corrected chi connectivity index (χ2v) is 3.13. The van der Waals surface area contributed by atoms with Gasteiger partial charge in [-0.2, -0.15) is 0 Å². The van der Waals surface area contributed by atoms with E-state index in [-0.39, 0.29) is 5.91 Å². The van der Waals surface area contributed by atoms with E-state index in [1.807, 2.05) is 6.92 Å². The summed E-state index contributed by atoms with van der Waals surface area (Å²) in [7, 11) is 0. The first-order valence-electron chi connectivity index (χ1n) is 5.03. The summed E-state index contributed by atoms with van der Waals surface area (Å²) >= 11 is 0. The van der Waals surface area contributed by atoms with Crippen LogP contribution in [0.4, 0.5) is 0 Å². The second kappa shape index (κ2) is 6.19. The molecule has 5 heteroatoms. The molecule has 1 amide bonds. The Kier molecular flexibility index (Phi) is 4.83. The number of hydrogen-bond acceptors (Lipinski definition) is 4. The molecule has 5 nitrogen and oxygen atoms in total. The molecule has 0 radical (unpaired) electrons. The largest absolute Gasteiger partial charge is 0.382 e. The molecule has 0 unspecified atom stereocenters. The van der Waals surface area contributed by atoms with Crippen molar-refractivity contribution < 1.29 is 14.1 Å². The molecular weight excluding hydrogens is 196 g/mol. The first-order chi connectivity index (χ1) is 7.24. The normalized spacial score (nSPS) is 10.3. The lowest BCUT2D eigenvalue weighted by Gasteiger charge is -2.02. The van der Waals surface area contributed by atoms with Crippen molar-refractivity contribution in [3.05, 3.63) is 17.5 Å². The number of aromatic nitrogens is 1. The zero-order valence-electron chi connectivity index (χ0n) is 9.08. The topological polar surface area (TPSA) is 64.4 Å². The van der Waals surface area contributed by atoms with Crippen molar-refractivity contribution in [1.82, 2.24) is 10.5 Å². The Hall–Kier alpha value is -1.36. The van der Waals surface area contributed by atoms with Crippen molar-refractivity contribution in [1.29, 1.82) is 0 Å². The van der Waals surface area contributed by atoms with E-state index in [2.05, 4.69) is 10.5 Å². The molecule has 1 N–H and O–H groups in total. The third-order valence-corrected chi connectivity index (χ3v) is 1.82. The summed E-state index contributed by atoms with van der Waals surface area (Å²) in [4.78, 5) is 11.4. The molecule has 0 aliphatic heterocycles. The fourth-order valence-corrected chi connectivity index (χ4v) is 1.08. The number of carbonyl (C=O) groups is 1. The van der Waals surface area contributed by atoms with Crippen molar-refractivity contribution in [2.24, 2.45) is 0 Å². The van der Waals surface area contributed by atoms with Gasteiger partial charge in [0.15, 0.2) is 5.69 Å². The maximum absolute atomic E-state index is 11.4. The van der Waals surface area contributed by atoms with Crippen molar-refractivity contribution in [3.8, 4) is 0 Å². The average molecular weight is 212 g/mol. The molecule has 0 aliphatic carbocycles. The van der Waals surface area contributed by atoms with E-state index < -0.39 is 0 Å². The molecule has 1 aromatic heterocycles. The molecule has 0 bridgehead atoms. The molecule has 1 heterocycles. The van der Waals surface area contributed by atoms with Crippen molar-refractivity contribution in [2.75, 3.05) is 19.8 Å². The van der Waals surface area contributed by atoms with Gasteiger partial charge in [0, 0.05) is 25.8 Å². The molecule has 0 fully saturated rings. The highest BCUT2D eigenvalue weighted by atomic mass is 16.5. The molecular formula is C10H16N2O3. The third-order valence-electron chi connectivity index (χ3n) is 1.82. The van der Waals surface area contributed by atoms with Gasteiger partial charge in [-0.3, -0.25) is 4.79 Å². The number of rotatable bonds is 6. The fourth-order valence-electron chi connectivity index (χ4n) is 1.08. The van der Waals surface area contributed by atoms with Gasteiger partial charge < -0.3 is 14.6 Å². The minimum atomic E-state index is -0.205. The van der Waals surface area contributed by atoms with Crippen molar-refractivity contribution in [3.63, 3.8) is 0 Å². The van der Waals surface area contributed by atoms with Gasteiger partial charge in [-0.1, -0.05) is 5.16 Å². The highest BCUT2D eigenvalue weighted by molar-refractivity contribution is 5.92. The number of nitrogens with one attached hydrogen (secondary N) is 1. The summed E-state index contributed by atoms with van der Waals surface area (Å²) in [5.41, 5.74) is 0.323. The van der Waals surface area contributed by atoms with E-state index in [1.54, 1.807) is 13.0 Å². The van der Waals surface area contributed by atoms with Crippen LogP contribution in [0.2, 0.25) is 0 Å². The lowest BCUT2D eigenvalue weighted by Crippen LogP contribution is -2.25. The number of hydrogen-bond donors (Lipinski definition) is 1. The molecule has 0 saturated heterocycles. The maximum Gasteiger partial charge on any atom is 0.273 e. The SMILES string of the molecule is CCOCCCNC(=O)c1cc(C)on1. The van der Waals surface area contributed by atoms with E-state index in [9.17, 15) is 4.79 Å². The minimum Gasteiger partial charge on any atom is -0.382 e. The zero-order valence-corrected chi connectivity index (χ0v) is 9.08. The first-order valence-corrected chi connectivity index (χ1v) is 5.03. The van der Waals surface area contributed by atoms with Crippen LogP contribution < -0.4 is 5.32 Å². The van der Waals surface area contributed by atoms with E-state index in [1.165, 1.54) is 0 Å². The molecule has 0 aromatic carbocycles.